The molecule has 1 unspecified atom stereocenters. The fraction of sp³-hybridized carbons (Fsp3) is 0.167. The van der Waals surface area contributed by atoms with Crippen molar-refractivity contribution >= 4 is 28.9 Å². The molecule has 94 valence electrons. The molecule has 2 rings (SSSR count). The van der Waals surface area contributed by atoms with Crippen molar-refractivity contribution in [3.05, 3.63) is 41.7 Å². The second kappa shape index (κ2) is 5.10. The molecule has 3 N–H and O–H groups in total. The van der Waals surface area contributed by atoms with E-state index in [1.165, 1.54) is 10.9 Å². The first-order chi connectivity index (χ1) is 8.56. The van der Waals surface area contributed by atoms with Crippen molar-refractivity contribution in [2.24, 2.45) is 0 Å². The van der Waals surface area contributed by atoms with Crippen LogP contribution in [-0.4, -0.2) is 15.7 Å². The van der Waals surface area contributed by atoms with Crippen molar-refractivity contribution in [3.63, 3.8) is 0 Å². The predicted molar refractivity (Wildman–Crippen MR) is 71.4 cm³/mol. The van der Waals surface area contributed by atoms with Crippen molar-refractivity contribution < 1.29 is 4.79 Å². The summed E-state index contributed by atoms with van der Waals surface area (Å²) in [6.07, 6.45) is 3.09. The zero-order valence-electron chi connectivity index (χ0n) is 9.80. The van der Waals surface area contributed by atoms with E-state index in [-0.39, 0.29) is 5.91 Å². The molecule has 6 heteroatoms. The van der Waals surface area contributed by atoms with Gasteiger partial charge in [-0.1, -0.05) is 17.7 Å². The van der Waals surface area contributed by atoms with Crippen LogP contribution in [0.2, 0.25) is 5.02 Å². The molecule has 0 aliphatic heterocycles. The molecule has 0 saturated heterocycles. The molecule has 0 saturated carbocycles. The lowest BCUT2D eigenvalue weighted by atomic mass is 10.2. The highest BCUT2D eigenvalue weighted by atomic mass is 35.5. The Balaban J connectivity index is 2.08. The Kier molecular flexibility index (Phi) is 3.53. The number of nitrogen functional groups attached to an aromatic ring is 1. The van der Waals surface area contributed by atoms with Crippen LogP contribution in [0.1, 0.15) is 13.0 Å². The number of amides is 1. The molecule has 18 heavy (non-hydrogen) atoms. The van der Waals surface area contributed by atoms with Crippen molar-refractivity contribution in [2.75, 3.05) is 11.1 Å². The van der Waals surface area contributed by atoms with Gasteiger partial charge in [0.05, 0.1) is 11.2 Å². The number of benzene rings is 1. The van der Waals surface area contributed by atoms with Gasteiger partial charge >= 0.3 is 0 Å². The first kappa shape index (κ1) is 12.4. The molecule has 0 aliphatic carbocycles. The minimum atomic E-state index is -0.445. The summed E-state index contributed by atoms with van der Waals surface area (Å²) in [4.78, 5) is 12.0. The summed E-state index contributed by atoms with van der Waals surface area (Å²) >= 11 is 5.76. The summed E-state index contributed by atoms with van der Waals surface area (Å²) in [5.74, 6) is -0.180. The molecule has 1 aromatic heterocycles. The van der Waals surface area contributed by atoms with Gasteiger partial charge in [0.25, 0.3) is 0 Å². The molecule has 0 aliphatic rings. The first-order valence-electron chi connectivity index (χ1n) is 5.42. The molecule has 0 spiro atoms. The predicted octanol–water partition coefficient (Wildman–Crippen LogP) is 2.32. The van der Waals surface area contributed by atoms with Crippen molar-refractivity contribution in [3.8, 4) is 0 Å². The maximum Gasteiger partial charge on any atom is 0.248 e. The molecule has 1 heterocycles. The molecule has 0 bridgehead atoms. The van der Waals surface area contributed by atoms with Crippen molar-refractivity contribution in [1.82, 2.24) is 9.78 Å². The number of halogens is 1. The normalized spacial score (nSPS) is 12.1. The van der Waals surface area contributed by atoms with E-state index in [0.717, 1.165) is 0 Å². The lowest BCUT2D eigenvalue weighted by Gasteiger charge is -2.12. The van der Waals surface area contributed by atoms with Crippen LogP contribution >= 0.6 is 11.6 Å². The fourth-order valence-electron chi connectivity index (χ4n) is 1.51. The molecule has 2 aromatic rings. The van der Waals surface area contributed by atoms with Gasteiger partial charge in [0.2, 0.25) is 5.91 Å². The number of carbonyl (C=O) groups excluding carboxylic acids is 1. The third kappa shape index (κ3) is 2.81. The van der Waals surface area contributed by atoms with E-state index in [9.17, 15) is 4.79 Å². The van der Waals surface area contributed by atoms with Gasteiger partial charge in [0.1, 0.15) is 6.04 Å². The van der Waals surface area contributed by atoms with E-state index in [4.69, 9.17) is 17.3 Å². The van der Waals surface area contributed by atoms with Gasteiger partial charge < -0.3 is 11.1 Å². The highest BCUT2D eigenvalue weighted by Gasteiger charge is 2.15. The molecule has 5 nitrogen and oxygen atoms in total. The lowest BCUT2D eigenvalue weighted by molar-refractivity contribution is -0.119. The Labute approximate surface area is 110 Å². The number of hydrogen-bond acceptors (Lipinski definition) is 3. The summed E-state index contributed by atoms with van der Waals surface area (Å²) in [5.41, 5.74) is 6.90. The number of nitrogens with one attached hydrogen (secondary N) is 1. The Morgan fingerprint density at radius 1 is 1.56 bits per heavy atom. The van der Waals surface area contributed by atoms with E-state index < -0.39 is 6.04 Å². The number of rotatable bonds is 3. The van der Waals surface area contributed by atoms with E-state index in [0.29, 0.717) is 16.4 Å². The Morgan fingerprint density at radius 3 is 2.94 bits per heavy atom. The standard InChI is InChI=1S/C12H13ClN4O/c1-8(17-7-9(13)6-15-17)12(18)16-11-4-2-3-10(14)5-11/h2-8H,14H2,1H3,(H,16,18). The van der Waals surface area contributed by atoms with Gasteiger partial charge in [-0.2, -0.15) is 5.10 Å². The largest absolute Gasteiger partial charge is 0.399 e. The lowest BCUT2D eigenvalue weighted by Crippen LogP contribution is -2.24. The maximum atomic E-state index is 12.0. The number of nitrogens with zero attached hydrogens (tertiary/aromatic N) is 2. The van der Waals surface area contributed by atoms with Crippen LogP contribution in [-0.2, 0) is 4.79 Å². The average Bonchev–Trinajstić information content (AvgIpc) is 2.75. The van der Waals surface area contributed by atoms with Gasteiger partial charge in [-0.25, -0.2) is 0 Å². The molecule has 1 amide bonds. The van der Waals surface area contributed by atoms with Gasteiger partial charge in [-0.05, 0) is 25.1 Å². The van der Waals surface area contributed by atoms with Gasteiger partial charge in [-0.3, -0.25) is 9.48 Å². The summed E-state index contributed by atoms with van der Waals surface area (Å²) in [6, 6.07) is 6.56. The summed E-state index contributed by atoms with van der Waals surface area (Å²) in [7, 11) is 0. The Hall–Kier alpha value is -2.01. The Bertz CT molecular complexity index is 567. The Morgan fingerprint density at radius 2 is 2.33 bits per heavy atom. The number of hydrogen-bond donors (Lipinski definition) is 2. The molecule has 0 fully saturated rings. The molecule has 1 atom stereocenters. The zero-order valence-corrected chi connectivity index (χ0v) is 10.6. The fourth-order valence-corrected chi connectivity index (χ4v) is 1.65. The van der Waals surface area contributed by atoms with Gasteiger partial charge in [0.15, 0.2) is 0 Å². The van der Waals surface area contributed by atoms with Crippen LogP contribution < -0.4 is 11.1 Å². The third-order valence-corrected chi connectivity index (χ3v) is 2.70. The zero-order chi connectivity index (χ0) is 13.1. The quantitative estimate of drug-likeness (QED) is 0.836. The maximum absolute atomic E-state index is 12.0. The SMILES string of the molecule is CC(C(=O)Nc1cccc(N)c1)n1cc(Cl)cn1. The van der Waals surface area contributed by atoms with Crippen LogP contribution in [0.3, 0.4) is 0 Å². The average molecular weight is 265 g/mol. The molecular formula is C12H13ClN4O. The summed E-state index contributed by atoms with van der Waals surface area (Å²) < 4.78 is 1.50. The van der Waals surface area contributed by atoms with E-state index in [1.54, 1.807) is 37.4 Å². The number of nitrogens with two attached hydrogens (primary N) is 1. The summed E-state index contributed by atoms with van der Waals surface area (Å²) in [5, 5.41) is 7.26. The molecule has 0 radical (unpaired) electrons. The van der Waals surface area contributed by atoms with Crippen LogP contribution in [0, 0.1) is 0 Å². The van der Waals surface area contributed by atoms with E-state index >= 15 is 0 Å². The smallest absolute Gasteiger partial charge is 0.248 e. The number of carbonyl (C=O) groups is 1. The summed E-state index contributed by atoms with van der Waals surface area (Å²) in [6.45, 7) is 1.74. The topological polar surface area (TPSA) is 72.9 Å². The van der Waals surface area contributed by atoms with E-state index in [1.807, 2.05) is 0 Å². The van der Waals surface area contributed by atoms with Gasteiger partial charge in [-0.15, -0.1) is 0 Å². The third-order valence-electron chi connectivity index (χ3n) is 2.50. The monoisotopic (exact) mass is 264 g/mol. The second-order valence-corrected chi connectivity index (χ2v) is 4.37. The van der Waals surface area contributed by atoms with Crippen LogP contribution in [0.5, 0.6) is 0 Å². The van der Waals surface area contributed by atoms with Gasteiger partial charge in [0, 0.05) is 17.6 Å². The van der Waals surface area contributed by atoms with E-state index in [2.05, 4.69) is 10.4 Å². The van der Waals surface area contributed by atoms with Crippen molar-refractivity contribution in [1.29, 1.82) is 0 Å². The molecular weight excluding hydrogens is 252 g/mol. The number of aromatic nitrogens is 2. The van der Waals surface area contributed by atoms with Crippen LogP contribution in [0.15, 0.2) is 36.7 Å². The minimum Gasteiger partial charge on any atom is -0.399 e. The first-order valence-corrected chi connectivity index (χ1v) is 5.80. The molecule has 1 aromatic carbocycles. The highest BCUT2D eigenvalue weighted by molar-refractivity contribution is 6.30. The minimum absolute atomic E-state index is 0.180. The van der Waals surface area contributed by atoms with Crippen molar-refractivity contribution in [2.45, 2.75) is 13.0 Å². The van der Waals surface area contributed by atoms with Crippen LogP contribution in [0.4, 0.5) is 11.4 Å². The van der Waals surface area contributed by atoms with Crippen LogP contribution in [0.25, 0.3) is 0 Å². The second-order valence-electron chi connectivity index (χ2n) is 3.93. The highest BCUT2D eigenvalue weighted by Crippen LogP contribution is 2.15. The number of anilines is 2.